The second kappa shape index (κ2) is 6.54. The summed E-state index contributed by atoms with van der Waals surface area (Å²) in [5.74, 6) is 0.487. The zero-order valence-corrected chi connectivity index (χ0v) is 11.2. The summed E-state index contributed by atoms with van der Waals surface area (Å²) in [4.78, 5) is 21.6. The molecule has 0 saturated heterocycles. The maximum atomic E-state index is 11.5. The van der Waals surface area contributed by atoms with Crippen molar-refractivity contribution in [3.8, 4) is 0 Å². The highest BCUT2D eigenvalue weighted by Gasteiger charge is 2.08. The third kappa shape index (κ3) is 4.30. The van der Waals surface area contributed by atoms with E-state index in [9.17, 15) is 14.9 Å². The van der Waals surface area contributed by atoms with Crippen molar-refractivity contribution in [2.75, 3.05) is 5.33 Å². The molecule has 5 nitrogen and oxygen atoms in total. The molecule has 0 radical (unpaired) electrons. The Labute approximate surface area is 108 Å². The Bertz CT molecular complexity index is 445. The Hall–Kier alpha value is -1.17. The van der Waals surface area contributed by atoms with E-state index in [2.05, 4.69) is 22.9 Å². The molecule has 17 heavy (non-hydrogen) atoms. The zero-order chi connectivity index (χ0) is 12.8. The maximum absolute atomic E-state index is 11.5. The molecule has 1 unspecified atom stereocenters. The van der Waals surface area contributed by atoms with Gasteiger partial charge in [0.15, 0.2) is 0 Å². The van der Waals surface area contributed by atoms with Gasteiger partial charge in [0.25, 0.3) is 11.2 Å². The van der Waals surface area contributed by atoms with Gasteiger partial charge in [-0.15, -0.1) is 0 Å². The standard InChI is InChI=1S/C11H15BrN2O3/c1-9(4-6-12)5-7-13-8-10(14(16)17)2-3-11(13)15/h2-3,8-9H,4-7H2,1H3. The van der Waals surface area contributed by atoms with Gasteiger partial charge in [0.2, 0.25) is 0 Å². The second-order valence-corrected chi connectivity index (χ2v) is 4.84. The van der Waals surface area contributed by atoms with Crippen LogP contribution in [0.15, 0.2) is 23.1 Å². The molecule has 0 saturated carbocycles. The Morgan fingerprint density at radius 2 is 2.18 bits per heavy atom. The number of aryl methyl sites for hydroxylation is 1. The Morgan fingerprint density at radius 1 is 1.47 bits per heavy atom. The van der Waals surface area contributed by atoms with Crippen molar-refractivity contribution in [3.63, 3.8) is 0 Å². The highest BCUT2D eigenvalue weighted by molar-refractivity contribution is 9.09. The van der Waals surface area contributed by atoms with Gasteiger partial charge >= 0.3 is 0 Å². The molecule has 1 atom stereocenters. The summed E-state index contributed by atoms with van der Waals surface area (Å²) in [5, 5.41) is 11.5. The van der Waals surface area contributed by atoms with Crippen molar-refractivity contribution in [2.45, 2.75) is 26.3 Å². The second-order valence-electron chi connectivity index (χ2n) is 4.05. The first-order valence-electron chi connectivity index (χ1n) is 5.45. The summed E-state index contributed by atoms with van der Waals surface area (Å²) in [6.45, 7) is 2.62. The number of alkyl halides is 1. The number of hydrogen-bond donors (Lipinski definition) is 0. The number of nitrogens with zero attached hydrogens (tertiary/aromatic N) is 2. The molecule has 0 aliphatic carbocycles. The number of nitro groups is 1. The number of halogens is 1. The topological polar surface area (TPSA) is 65.1 Å². The fourth-order valence-corrected chi connectivity index (χ4v) is 2.27. The SMILES string of the molecule is CC(CCBr)CCn1cc([N+](=O)[O-])ccc1=O. The minimum Gasteiger partial charge on any atom is -0.309 e. The minimum atomic E-state index is -0.488. The van der Waals surface area contributed by atoms with Crippen LogP contribution in [0.4, 0.5) is 5.69 Å². The van der Waals surface area contributed by atoms with Gasteiger partial charge in [-0.2, -0.15) is 0 Å². The molecule has 1 aromatic rings. The van der Waals surface area contributed by atoms with E-state index in [4.69, 9.17) is 0 Å². The van der Waals surface area contributed by atoms with Crippen LogP contribution in [0.2, 0.25) is 0 Å². The summed E-state index contributed by atoms with van der Waals surface area (Å²) in [6.07, 6.45) is 3.18. The molecule has 6 heteroatoms. The van der Waals surface area contributed by atoms with Gasteiger partial charge in [-0.25, -0.2) is 0 Å². The van der Waals surface area contributed by atoms with Crippen LogP contribution in [-0.2, 0) is 6.54 Å². The summed E-state index contributed by atoms with van der Waals surface area (Å²) < 4.78 is 1.41. The van der Waals surface area contributed by atoms with Crippen LogP contribution in [0.5, 0.6) is 0 Å². The van der Waals surface area contributed by atoms with Gasteiger partial charge in [0, 0.05) is 24.0 Å². The fraction of sp³-hybridized carbons (Fsp3) is 0.545. The predicted molar refractivity (Wildman–Crippen MR) is 69.5 cm³/mol. The zero-order valence-electron chi connectivity index (χ0n) is 9.63. The monoisotopic (exact) mass is 302 g/mol. The molecule has 0 aliphatic rings. The van der Waals surface area contributed by atoms with Crippen LogP contribution in [-0.4, -0.2) is 14.8 Å². The normalized spacial score (nSPS) is 12.4. The summed E-state index contributed by atoms with van der Waals surface area (Å²) >= 11 is 3.36. The first-order valence-corrected chi connectivity index (χ1v) is 6.57. The molecular formula is C11H15BrN2O3. The van der Waals surface area contributed by atoms with Crippen molar-refractivity contribution in [1.82, 2.24) is 4.57 Å². The number of aromatic nitrogens is 1. The first-order chi connectivity index (χ1) is 8.04. The van der Waals surface area contributed by atoms with Gasteiger partial charge in [0.1, 0.15) is 0 Å². The van der Waals surface area contributed by atoms with Gasteiger partial charge in [-0.3, -0.25) is 14.9 Å². The molecule has 0 fully saturated rings. The van der Waals surface area contributed by atoms with Crippen molar-refractivity contribution >= 4 is 21.6 Å². The van der Waals surface area contributed by atoms with Crippen LogP contribution >= 0.6 is 15.9 Å². The van der Waals surface area contributed by atoms with E-state index in [1.165, 1.54) is 22.9 Å². The molecule has 0 aliphatic heterocycles. The number of hydrogen-bond acceptors (Lipinski definition) is 3. The van der Waals surface area contributed by atoms with Crippen LogP contribution in [0.3, 0.4) is 0 Å². The molecule has 94 valence electrons. The average Bonchev–Trinajstić information content (AvgIpc) is 2.28. The Kier molecular flexibility index (Phi) is 5.34. The van der Waals surface area contributed by atoms with Gasteiger partial charge in [-0.1, -0.05) is 22.9 Å². The molecular weight excluding hydrogens is 288 g/mol. The molecule has 1 heterocycles. The van der Waals surface area contributed by atoms with Gasteiger partial charge in [-0.05, 0) is 18.8 Å². The van der Waals surface area contributed by atoms with E-state index < -0.39 is 4.92 Å². The lowest BCUT2D eigenvalue weighted by atomic mass is 10.1. The van der Waals surface area contributed by atoms with E-state index in [0.717, 1.165) is 18.2 Å². The Morgan fingerprint density at radius 3 is 2.76 bits per heavy atom. The summed E-state index contributed by atoms with van der Waals surface area (Å²) in [7, 11) is 0. The highest BCUT2D eigenvalue weighted by Crippen LogP contribution is 2.11. The smallest absolute Gasteiger partial charge is 0.285 e. The van der Waals surface area contributed by atoms with Crippen molar-refractivity contribution in [2.24, 2.45) is 5.92 Å². The van der Waals surface area contributed by atoms with E-state index in [-0.39, 0.29) is 11.2 Å². The van der Waals surface area contributed by atoms with Crippen LogP contribution in [0, 0.1) is 16.0 Å². The summed E-state index contributed by atoms with van der Waals surface area (Å²) in [5.41, 5.74) is -0.237. The highest BCUT2D eigenvalue weighted by atomic mass is 79.9. The average molecular weight is 303 g/mol. The first kappa shape index (κ1) is 13.9. The third-order valence-electron chi connectivity index (χ3n) is 2.64. The van der Waals surface area contributed by atoms with E-state index in [1.807, 2.05) is 0 Å². The lowest BCUT2D eigenvalue weighted by Crippen LogP contribution is -2.20. The summed E-state index contributed by atoms with van der Waals surface area (Å²) in [6, 6.07) is 2.48. The number of pyridine rings is 1. The van der Waals surface area contributed by atoms with Crippen molar-refractivity contribution in [3.05, 3.63) is 38.8 Å². The molecule has 0 N–H and O–H groups in total. The van der Waals surface area contributed by atoms with E-state index >= 15 is 0 Å². The third-order valence-corrected chi connectivity index (χ3v) is 3.10. The molecule has 0 spiro atoms. The van der Waals surface area contributed by atoms with Crippen LogP contribution in [0.25, 0.3) is 0 Å². The lowest BCUT2D eigenvalue weighted by molar-refractivity contribution is -0.385. The lowest BCUT2D eigenvalue weighted by Gasteiger charge is -2.10. The van der Waals surface area contributed by atoms with E-state index in [1.54, 1.807) is 0 Å². The largest absolute Gasteiger partial charge is 0.309 e. The van der Waals surface area contributed by atoms with Gasteiger partial charge in [0.05, 0.1) is 11.1 Å². The molecule has 0 aromatic carbocycles. The molecule has 1 rings (SSSR count). The quantitative estimate of drug-likeness (QED) is 0.461. The molecule has 1 aromatic heterocycles. The van der Waals surface area contributed by atoms with Crippen LogP contribution < -0.4 is 5.56 Å². The van der Waals surface area contributed by atoms with Gasteiger partial charge < -0.3 is 4.57 Å². The maximum Gasteiger partial charge on any atom is 0.285 e. The van der Waals surface area contributed by atoms with Crippen LogP contribution in [0.1, 0.15) is 19.8 Å². The fourth-order valence-electron chi connectivity index (χ4n) is 1.49. The number of rotatable bonds is 6. The van der Waals surface area contributed by atoms with E-state index in [0.29, 0.717) is 12.5 Å². The van der Waals surface area contributed by atoms with Crippen molar-refractivity contribution in [1.29, 1.82) is 0 Å². The molecule has 0 amide bonds. The minimum absolute atomic E-state index is 0.0438. The Balaban J connectivity index is 2.73. The molecule has 0 bridgehead atoms. The predicted octanol–water partition coefficient (Wildman–Crippen LogP) is 2.57. The van der Waals surface area contributed by atoms with Crippen molar-refractivity contribution < 1.29 is 4.92 Å².